The Morgan fingerprint density at radius 1 is 1.33 bits per heavy atom. The van der Waals surface area contributed by atoms with Gasteiger partial charge in [-0.2, -0.15) is 5.26 Å². The molecule has 0 unspecified atom stereocenters. The topological polar surface area (TPSA) is 53.1 Å². The van der Waals surface area contributed by atoms with Crippen LogP contribution in [0.3, 0.4) is 0 Å². The summed E-state index contributed by atoms with van der Waals surface area (Å²) < 4.78 is 0. The minimum atomic E-state index is 0.642. The Kier molecular flexibility index (Phi) is 2.69. The van der Waals surface area contributed by atoms with Crippen molar-refractivity contribution < 1.29 is 0 Å². The van der Waals surface area contributed by atoms with Crippen LogP contribution in [-0.2, 0) is 13.0 Å². The fraction of sp³-hybridized carbons (Fsp3) is 0.214. The fourth-order valence-electron chi connectivity index (χ4n) is 2.37. The van der Waals surface area contributed by atoms with Gasteiger partial charge >= 0.3 is 0 Å². The highest BCUT2D eigenvalue weighted by Crippen LogP contribution is 2.30. The van der Waals surface area contributed by atoms with E-state index in [0.717, 1.165) is 25.2 Å². The first kappa shape index (κ1) is 11.1. The van der Waals surface area contributed by atoms with Gasteiger partial charge in [-0.15, -0.1) is 11.3 Å². The van der Waals surface area contributed by atoms with E-state index < -0.39 is 0 Å². The van der Waals surface area contributed by atoms with Crippen molar-refractivity contribution in [2.24, 2.45) is 0 Å². The normalized spacial score (nSPS) is 14.1. The van der Waals surface area contributed by atoms with Gasteiger partial charge in [0.15, 0.2) is 0 Å². The highest BCUT2D eigenvalue weighted by molar-refractivity contribution is 7.10. The lowest BCUT2D eigenvalue weighted by Gasteiger charge is -2.29. The molecule has 0 bridgehead atoms. The zero-order chi connectivity index (χ0) is 12.5. The van der Waals surface area contributed by atoms with E-state index in [2.05, 4.69) is 22.4 Å². The number of nitrogens with zero attached hydrogens (tertiary/aromatic N) is 2. The minimum absolute atomic E-state index is 0.642. The largest absolute Gasteiger partial charge is 0.399 e. The summed E-state index contributed by atoms with van der Waals surface area (Å²) >= 11 is 1.82. The highest BCUT2D eigenvalue weighted by Gasteiger charge is 2.19. The van der Waals surface area contributed by atoms with Gasteiger partial charge in [0.1, 0.15) is 6.07 Å². The number of fused-ring (bicyclic) bond motifs is 1. The number of nitrogens with two attached hydrogens (primary N) is 1. The van der Waals surface area contributed by atoms with E-state index in [4.69, 9.17) is 5.73 Å². The summed E-state index contributed by atoms with van der Waals surface area (Å²) in [5.41, 5.74) is 9.40. The van der Waals surface area contributed by atoms with E-state index in [0.29, 0.717) is 11.3 Å². The number of nitriles is 1. The Morgan fingerprint density at radius 2 is 2.22 bits per heavy atom. The van der Waals surface area contributed by atoms with Crippen molar-refractivity contribution in [2.75, 3.05) is 17.2 Å². The molecule has 3 rings (SSSR count). The van der Waals surface area contributed by atoms with Crippen molar-refractivity contribution in [3.8, 4) is 6.07 Å². The molecule has 1 aromatic carbocycles. The first-order valence-electron chi connectivity index (χ1n) is 5.88. The predicted octanol–water partition coefficient (Wildman–Crippen LogP) is 2.76. The Morgan fingerprint density at radius 3 is 3.06 bits per heavy atom. The number of hydrogen-bond donors (Lipinski definition) is 1. The third-order valence-electron chi connectivity index (χ3n) is 3.29. The minimum Gasteiger partial charge on any atom is -0.399 e. The summed E-state index contributed by atoms with van der Waals surface area (Å²) in [4.78, 5) is 3.73. The van der Waals surface area contributed by atoms with Crippen LogP contribution in [0.25, 0.3) is 0 Å². The first-order valence-corrected chi connectivity index (χ1v) is 6.75. The number of anilines is 2. The Labute approximate surface area is 110 Å². The molecule has 2 aromatic rings. The maximum atomic E-state index is 9.20. The molecule has 1 aliphatic heterocycles. The zero-order valence-electron chi connectivity index (χ0n) is 9.89. The van der Waals surface area contributed by atoms with Crippen molar-refractivity contribution in [3.05, 3.63) is 45.6 Å². The van der Waals surface area contributed by atoms with Crippen molar-refractivity contribution in [3.63, 3.8) is 0 Å². The summed E-state index contributed by atoms with van der Waals surface area (Å²) in [6.45, 7) is 1.85. The molecule has 4 heteroatoms. The molecule has 90 valence electrons. The van der Waals surface area contributed by atoms with Crippen molar-refractivity contribution in [1.29, 1.82) is 5.26 Å². The fourth-order valence-corrected chi connectivity index (χ4v) is 3.26. The zero-order valence-corrected chi connectivity index (χ0v) is 10.7. The monoisotopic (exact) mass is 255 g/mol. The summed E-state index contributed by atoms with van der Waals surface area (Å²) in [6.07, 6.45) is 1.06. The van der Waals surface area contributed by atoms with Crippen molar-refractivity contribution in [1.82, 2.24) is 0 Å². The molecular weight excluding hydrogens is 242 g/mol. The van der Waals surface area contributed by atoms with Crippen molar-refractivity contribution in [2.45, 2.75) is 13.0 Å². The number of nitrogen functional groups attached to an aromatic ring is 1. The lowest BCUT2D eigenvalue weighted by molar-refractivity contribution is 0.743. The molecule has 1 aliphatic rings. The molecule has 0 atom stereocenters. The molecule has 0 amide bonds. The van der Waals surface area contributed by atoms with Crippen LogP contribution in [0.2, 0.25) is 0 Å². The van der Waals surface area contributed by atoms with Gasteiger partial charge in [0, 0.05) is 23.7 Å². The second-order valence-electron chi connectivity index (χ2n) is 4.43. The molecule has 0 spiro atoms. The van der Waals surface area contributed by atoms with Gasteiger partial charge < -0.3 is 10.6 Å². The number of rotatable bonds is 1. The van der Waals surface area contributed by atoms with Crippen LogP contribution < -0.4 is 10.6 Å². The van der Waals surface area contributed by atoms with Crippen LogP contribution in [0.5, 0.6) is 0 Å². The molecule has 0 saturated carbocycles. The third-order valence-corrected chi connectivity index (χ3v) is 4.31. The molecule has 18 heavy (non-hydrogen) atoms. The first-order chi connectivity index (χ1) is 8.78. The quantitative estimate of drug-likeness (QED) is 0.797. The number of benzene rings is 1. The van der Waals surface area contributed by atoms with Gasteiger partial charge in [0.2, 0.25) is 0 Å². The molecule has 3 nitrogen and oxygen atoms in total. The van der Waals surface area contributed by atoms with E-state index in [1.54, 1.807) is 6.07 Å². The van der Waals surface area contributed by atoms with Crippen LogP contribution in [0.4, 0.5) is 11.4 Å². The Hall–Kier alpha value is -1.99. The van der Waals surface area contributed by atoms with Gasteiger partial charge in [0.25, 0.3) is 0 Å². The summed E-state index contributed by atoms with van der Waals surface area (Å²) in [5, 5.41) is 11.3. The van der Waals surface area contributed by atoms with Crippen LogP contribution >= 0.6 is 11.3 Å². The average Bonchev–Trinajstić information content (AvgIpc) is 2.85. The molecule has 1 aromatic heterocycles. The standard InChI is InChI=1S/C14H13N3S/c15-8-11-7-12(16)1-2-13(11)17-5-3-14-10(9-17)4-6-18-14/h1-2,4,6-7H,3,5,9,16H2. The Bertz CT molecular complexity index is 624. The summed E-state index contributed by atoms with van der Waals surface area (Å²) in [5.74, 6) is 0. The average molecular weight is 255 g/mol. The maximum Gasteiger partial charge on any atom is 0.101 e. The number of thiophene rings is 1. The highest BCUT2D eigenvalue weighted by atomic mass is 32.1. The maximum absolute atomic E-state index is 9.20. The van der Waals surface area contributed by atoms with E-state index >= 15 is 0 Å². The molecule has 2 N–H and O–H groups in total. The van der Waals surface area contributed by atoms with Crippen LogP contribution in [-0.4, -0.2) is 6.54 Å². The van der Waals surface area contributed by atoms with Gasteiger partial charge in [-0.3, -0.25) is 0 Å². The van der Waals surface area contributed by atoms with Crippen LogP contribution in [0.15, 0.2) is 29.6 Å². The predicted molar refractivity (Wildman–Crippen MR) is 74.6 cm³/mol. The molecule has 0 aliphatic carbocycles. The molecule has 2 heterocycles. The molecule has 0 saturated heterocycles. The van der Waals surface area contributed by atoms with E-state index in [9.17, 15) is 5.26 Å². The SMILES string of the molecule is N#Cc1cc(N)ccc1N1CCc2sccc2C1. The van der Waals surface area contributed by atoms with Gasteiger partial charge in [-0.1, -0.05) is 0 Å². The Balaban J connectivity index is 1.96. The van der Waals surface area contributed by atoms with E-state index in [1.807, 2.05) is 23.5 Å². The van der Waals surface area contributed by atoms with Gasteiger partial charge in [-0.05, 0) is 41.6 Å². The molecule has 0 radical (unpaired) electrons. The second kappa shape index (κ2) is 4.35. The van der Waals surface area contributed by atoms with Crippen LogP contribution in [0.1, 0.15) is 16.0 Å². The molecular formula is C14H13N3S. The van der Waals surface area contributed by atoms with E-state index in [1.165, 1.54) is 10.4 Å². The van der Waals surface area contributed by atoms with Crippen LogP contribution in [0, 0.1) is 11.3 Å². The summed E-state index contributed by atoms with van der Waals surface area (Å²) in [7, 11) is 0. The van der Waals surface area contributed by atoms with Gasteiger partial charge in [0.05, 0.1) is 11.3 Å². The molecule has 0 fully saturated rings. The van der Waals surface area contributed by atoms with Gasteiger partial charge in [-0.25, -0.2) is 0 Å². The van der Waals surface area contributed by atoms with Crippen molar-refractivity contribution >= 4 is 22.7 Å². The lowest BCUT2D eigenvalue weighted by Crippen LogP contribution is -2.29. The third kappa shape index (κ3) is 1.83. The number of hydrogen-bond acceptors (Lipinski definition) is 4. The van der Waals surface area contributed by atoms with E-state index in [-0.39, 0.29) is 0 Å². The smallest absolute Gasteiger partial charge is 0.101 e. The second-order valence-corrected chi connectivity index (χ2v) is 5.43. The summed E-state index contributed by atoms with van der Waals surface area (Å²) in [6, 6.07) is 9.97. The lowest BCUT2D eigenvalue weighted by atomic mass is 10.1.